The summed E-state index contributed by atoms with van der Waals surface area (Å²) in [4.78, 5) is 33.8. The molecule has 14 heteroatoms. The van der Waals surface area contributed by atoms with Gasteiger partial charge in [0.25, 0.3) is 0 Å². The maximum Gasteiger partial charge on any atom is 0.411 e. The first kappa shape index (κ1) is 31.2. The molecular weight excluding hydrogens is 610 g/mol. The zero-order valence-corrected chi connectivity index (χ0v) is 26.6. The fraction of sp³-hybridized carbons (Fsp3) is 0.375. The molecule has 1 fully saturated rings. The van der Waals surface area contributed by atoms with E-state index in [2.05, 4.69) is 43.4 Å². The summed E-state index contributed by atoms with van der Waals surface area (Å²) in [5, 5.41) is 21.6. The molecule has 0 radical (unpaired) electrons. The molecule has 2 aliphatic heterocycles. The number of benzene rings is 2. The number of carbonyl (C=O) groups excluding carboxylic acids is 2. The van der Waals surface area contributed by atoms with E-state index in [1.165, 1.54) is 24.2 Å². The van der Waals surface area contributed by atoms with E-state index >= 15 is 0 Å². The number of rotatable bonds is 6. The standard InChI is InChI=1S/C32H36ClN9O4/c1-19-29-23-11-10-22(36-31(44)45-3)15-25(23)37-27(32(2)16-46-17-32)7-5-4-6-24(30(35-19)39-29)38-28(43)13-8-20-14-21(33)9-12-26(20)42-18-34-40-41-42/h8-15,18,24,27,37H,4-7,16-17H2,1-3H3,(H,35,39)(H,36,44)(H,38,43)/b13-8+/t24-,27+/m0/s1. The van der Waals surface area contributed by atoms with Crippen LogP contribution in [0, 0.1) is 12.3 Å². The number of nitrogens with one attached hydrogen (secondary N) is 4. The quantitative estimate of drug-likeness (QED) is 0.200. The number of tetrazole rings is 1. The SMILES string of the molecule is COC(=O)Nc1ccc2c(c1)N[C@@H](C1(C)COC1)CCCC[C@H](NC(=O)/C=C/c1cc(Cl)ccc1-n1cnnn1)c1nc-2c(C)[nH]1. The molecule has 46 heavy (non-hydrogen) atoms. The zero-order chi connectivity index (χ0) is 32.3. The molecule has 1 saturated heterocycles. The summed E-state index contributed by atoms with van der Waals surface area (Å²) in [5.41, 5.74) is 5.29. The number of ether oxygens (including phenoxy) is 2. The van der Waals surface area contributed by atoms with Crippen LogP contribution < -0.4 is 16.0 Å². The summed E-state index contributed by atoms with van der Waals surface area (Å²) in [7, 11) is 1.33. The lowest BCUT2D eigenvalue weighted by atomic mass is 9.77. The second-order valence-electron chi connectivity index (χ2n) is 12.0. The Hall–Kier alpha value is -4.75. The first-order valence-electron chi connectivity index (χ1n) is 15.1. The van der Waals surface area contributed by atoms with Gasteiger partial charge in [-0.3, -0.25) is 10.1 Å². The van der Waals surface area contributed by atoms with Crippen molar-refractivity contribution >= 4 is 41.1 Å². The second-order valence-corrected chi connectivity index (χ2v) is 12.4. The normalized spacial score (nSPS) is 19.1. The van der Waals surface area contributed by atoms with Crippen LogP contribution in [0.3, 0.4) is 0 Å². The predicted molar refractivity (Wildman–Crippen MR) is 174 cm³/mol. The van der Waals surface area contributed by atoms with Gasteiger partial charge in [-0.2, -0.15) is 4.68 Å². The van der Waals surface area contributed by atoms with Crippen molar-refractivity contribution in [3.63, 3.8) is 0 Å². The molecule has 2 aromatic carbocycles. The van der Waals surface area contributed by atoms with E-state index in [4.69, 9.17) is 26.1 Å². The van der Waals surface area contributed by atoms with Gasteiger partial charge >= 0.3 is 6.09 Å². The molecule has 0 saturated carbocycles. The number of imidazole rings is 1. The minimum absolute atomic E-state index is 0.0428. The average molecular weight is 646 g/mol. The highest BCUT2D eigenvalue weighted by molar-refractivity contribution is 6.30. The Morgan fingerprint density at radius 1 is 1.17 bits per heavy atom. The van der Waals surface area contributed by atoms with Crippen LogP contribution >= 0.6 is 11.6 Å². The van der Waals surface area contributed by atoms with Crippen LogP contribution in [0.15, 0.2) is 48.8 Å². The van der Waals surface area contributed by atoms with Gasteiger partial charge in [0.2, 0.25) is 5.91 Å². The smallest absolute Gasteiger partial charge is 0.411 e. The molecule has 0 unspecified atom stereocenters. The Labute approximate surface area is 271 Å². The van der Waals surface area contributed by atoms with Crippen LogP contribution in [-0.4, -0.2) is 68.5 Å². The van der Waals surface area contributed by atoms with E-state index in [1.807, 2.05) is 25.1 Å². The number of hydrogen-bond donors (Lipinski definition) is 4. The third-order valence-electron chi connectivity index (χ3n) is 8.53. The molecule has 6 rings (SSSR count). The molecule has 2 amide bonds. The van der Waals surface area contributed by atoms with Gasteiger partial charge in [0.05, 0.1) is 37.7 Å². The number of aromatic nitrogens is 6. The van der Waals surface area contributed by atoms with E-state index in [0.29, 0.717) is 47.4 Å². The molecule has 4 heterocycles. The average Bonchev–Trinajstić information content (AvgIpc) is 3.69. The lowest BCUT2D eigenvalue weighted by molar-refractivity contribution is -0.117. The van der Waals surface area contributed by atoms with Gasteiger partial charge < -0.3 is 25.1 Å². The van der Waals surface area contributed by atoms with Crippen molar-refractivity contribution in [3.05, 3.63) is 70.9 Å². The highest BCUT2D eigenvalue weighted by Crippen LogP contribution is 2.40. The van der Waals surface area contributed by atoms with Gasteiger partial charge in [-0.25, -0.2) is 9.78 Å². The summed E-state index contributed by atoms with van der Waals surface area (Å²) < 4.78 is 12.0. The van der Waals surface area contributed by atoms with E-state index < -0.39 is 6.09 Å². The number of carbonyl (C=O) groups is 2. The van der Waals surface area contributed by atoms with Crippen LogP contribution in [-0.2, 0) is 14.3 Å². The highest BCUT2D eigenvalue weighted by Gasteiger charge is 2.41. The van der Waals surface area contributed by atoms with Crippen molar-refractivity contribution < 1.29 is 19.1 Å². The first-order valence-corrected chi connectivity index (χ1v) is 15.5. The number of aryl methyl sites for hydroxylation is 1. The van der Waals surface area contributed by atoms with Crippen molar-refractivity contribution in [2.24, 2.45) is 5.41 Å². The minimum Gasteiger partial charge on any atom is -0.453 e. The number of H-pyrrole nitrogens is 1. The van der Waals surface area contributed by atoms with Gasteiger partial charge in [0, 0.05) is 50.8 Å². The molecule has 4 N–H and O–H groups in total. The van der Waals surface area contributed by atoms with E-state index in [-0.39, 0.29) is 23.4 Å². The summed E-state index contributed by atoms with van der Waals surface area (Å²) >= 11 is 6.26. The topological polar surface area (TPSA) is 161 Å². The van der Waals surface area contributed by atoms with Crippen molar-refractivity contribution in [2.45, 2.75) is 51.6 Å². The van der Waals surface area contributed by atoms with E-state index in [0.717, 1.165) is 41.9 Å². The molecule has 0 spiro atoms. The van der Waals surface area contributed by atoms with Crippen LogP contribution in [0.5, 0.6) is 0 Å². The van der Waals surface area contributed by atoms with Crippen LogP contribution in [0.1, 0.15) is 55.7 Å². The maximum absolute atomic E-state index is 13.3. The lowest BCUT2D eigenvalue weighted by Gasteiger charge is -2.45. The third-order valence-corrected chi connectivity index (χ3v) is 8.76. The molecule has 2 aliphatic rings. The molecule has 2 bridgehead atoms. The molecule has 2 aromatic heterocycles. The van der Waals surface area contributed by atoms with Crippen molar-refractivity contribution in [2.75, 3.05) is 31.0 Å². The lowest BCUT2D eigenvalue weighted by Crippen LogP contribution is -2.52. The monoisotopic (exact) mass is 645 g/mol. The number of fused-ring (bicyclic) bond motifs is 4. The number of hydrogen-bond acceptors (Lipinski definition) is 9. The van der Waals surface area contributed by atoms with Crippen molar-refractivity contribution in [1.82, 2.24) is 35.5 Å². The van der Waals surface area contributed by atoms with Crippen LogP contribution in [0.2, 0.25) is 5.02 Å². The maximum atomic E-state index is 13.3. The number of nitrogens with zero attached hydrogens (tertiary/aromatic N) is 5. The number of halogens is 1. The van der Waals surface area contributed by atoms with Gasteiger partial charge in [-0.15, -0.1) is 5.10 Å². The first-order chi connectivity index (χ1) is 22.2. The van der Waals surface area contributed by atoms with Gasteiger partial charge in [0.15, 0.2) is 0 Å². The summed E-state index contributed by atoms with van der Waals surface area (Å²) in [6.45, 7) is 5.53. The Bertz CT molecular complexity index is 1750. The predicted octanol–water partition coefficient (Wildman–Crippen LogP) is 5.45. The Morgan fingerprint density at radius 2 is 2.00 bits per heavy atom. The fourth-order valence-electron chi connectivity index (χ4n) is 5.93. The zero-order valence-electron chi connectivity index (χ0n) is 25.8. The molecule has 0 aliphatic carbocycles. The molecular formula is C32H36ClN9O4. The van der Waals surface area contributed by atoms with Crippen LogP contribution in [0.25, 0.3) is 23.0 Å². The second kappa shape index (κ2) is 13.3. The third kappa shape index (κ3) is 6.75. The summed E-state index contributed by atoms with van der Waals surface area (Å²) in [5.74, 6) is 0.401. The van der Waals surface area contributed by atoms with Crippen LogP contribution in [0.4, 0.5) is 16.2 Å². The number of amides is 2. The largest absolute Gasteiger partial charge is 0.453 e. The van der Waals surface area contributed by atoms with Gasteiger partial charge in [-0.1, -0.05) is 31.4 Å². The number of anilines is 2. The summed E-state index contributed by atoms with van der Waals surface area (Å²) in [6, 6.07) is 10.7. The van der Waals surface area contributed by atoms with E-state index in [1.54, 1.807) is 24.3 Å². The molecule has 4 aromatic rings. The molecule has 2 atom stereocenters. The minimum atomic E-state index is -0.545. The van der Waals surface area contributed by atoms with Gasteiger partial charge in [0.1, 0.15) is 12.2 Å². The van der Waals surface area contributed by atoms with Crippen molar-refractivity contribution in [1.29, 1.82) is 0 Å². The fourth-order valence-corrected chi connectivity index (χ4v) is 6.11. The molecule has 13 nitrogen and oxygen atoms in total. The van der Waals surface area contributed by atoms with Gasteiger partial charge in [-0.05, 0) is 72.7 Å². The Balaban J connectivity index is 1.30. The molecule has 240 valence electrons. The van der Waals surface area contributed by atoms with Crippen molar-refractivity contribution in [3.8, 4) is 16.9 Å². The number of methoxy groups -OCH3 is 1. The van der Waals surface area contributed by atoms with E-state index in [9.17, 15) is 9.59 Å². The Kier molecular flexibility index (Phi) is 9.04. The highest BCUT2D eigenvalue weighted by atomic mass is 35.5. The summed E-state index contributed by atoms with van der Waals surface area (Å²) in [6.07, 6.45) is 7.51. The number of aromatic amines is 1. The Morgan fingerprint density at radius 3 is 2.74 bits per heavy atom.